The Labute approximate surface area is 168 Å². The van der Waals surface area contributed by atoms with E-state index in [1.165, 1.54) is 0 Å². The number of benzene rings is 2. The van der Waals surface area contributed by atoms with Crippen molar-refractivity contribution in [2.45, 2.75) is 13.8 Å². The Balaban J connectivity index is 1.63. The van der Waals surface area contributed by atoms with Crippen molar-refractivity contribution in [1.29, 1.82) is 0 Å². The van der Waals surface area contributed by atoms with E-state index in [4.69, 9.17) is 16.3 Å². The molecule has 0 unspecified atom stereocenters. The molecular weight excluding hydrogens is 378 g/mol. The van der Waals surface area contributed by atoms with Crippen LogP contribution in [0, 0.1) is 13.8 Å². The fraction of sp³-hybridized carbons (Fsp3) is 0.143. The quantitative estimate of drug-likeness (QED) is 0.488. The highest BCUT2D eigenvalue weighted by Gasteiger charge is 2.10. The van der Waals surface area contributed by atoms with E-state index < -0.39 is 0 Å². The van der Waals surface area contributed by atoms with Crippen LogP contribution in [0.3, 0.4) is 0 Å². The summed E-state index contributed by atoms with van der Waals surface area (Å²) in [4.78, 5) is 11.9. The third kappa shape index (κ3) is 4.53. The summed E-state index contributed by atoms with van der Waals surface area (Å²) < 4.78 is 7.42. The summed E-state index contributed by atoms with van der Waals surface area (Å²) in [6.07, 6.45) is 1.59. The predicted octanol–water partition coefficient (Wildman–Crippen LogP) is 3.98. The number of rotatable bonds is 6. The van der Waals surface area contributed by atoms with Gasteiger partial charge in [0.25, 0.3) is 5.91 Å². The van der Waals surface area contributed by atoms with Crippen LogP contribution in [0.4, 0.5) is 0 Å². The maximum atomic E-state index is 11.9. The Bertz CT molecular complexity index is 1010. The van der Waals surface area contributed by atoms with Crippen molar-refractivity contribution in [1.82, 2.24) is 9.99 Å². The molecular formula is C21H20ClN3O3. The first-order chi connectivity index (χ1) is 13.5. The fourth-order valence-electron chi connectivity index (χ4n) is 2.83. The first-order valence-corrected chi connectivity index (χ1v) is 9.01. The molecule has 0 aliphatic carbocycles. The van der Waals surface area contributed by atoms with Crippen molar-refractivity contribution < 1.29 is 14.6 Å². The number of para-hydroxylation sites is 1. The molecule has 2 aromatic carbocycles. The van der Waals surface area contributed by atoms with Gasteiger partial charge in [-0.2, -0.15) is 5.10 Å². The lowest BCUT2D eigenvalue weighted by Crippen LogP contribution is -2.24. The summed E-state index contributed by atoms with van der Waals surface area (Å²) in [5, 5.41) is 13.9. The van der Waals surface area contributed by atoms with E-state index in [0.29, 0.717) is 10.8 Å². The molecule has 1 heterocycles. The summed E-state index contributed by atoms with van der Waals surface area (Å²) >= 11 is 5.98. The van der Waals surface area contributed by atoms with Crippen LogP contribution in [-0.4, -0.2) is 28.4 Å². The second kappa shape index (κ2) is 8.63. The summed E-state index contributed by atoms with van der Waals surface area (Å²) in [6.45, 7) is 3.75. The van der Waals surface area contributed by atoms with Gasteiger partial charge in [0.05, 0.1) is 11.2 Å². The SMILES string of the molecule is Cc1cc(/C=N\NC(=O)COc2ccccc2Cl)c(C)n1-c1ccc(O)cc1. The van der Waals surface area contributed by atoms with Gasteiger partial charge in [0, 0.05) is 22.6 Å². The molecule has 0 spiro atoms. The van der Waals surface area contributed by atoms with Gasteiger partial charge in [-0.25, -0.2) is 5.43 Å². The molecule has 28 heavy (non-hydrogen) atoms. The van der Waals surface area contributed by atoms with E-state index in [1.54, 1.807) is 42.6 Å². The minimum Gasteiger partial charge on any atom is -0.508 e. The normalized spacial score (nSPS) is 11.0. The molecule has 1 amide bonds. The monoisotopic (exact) mass is 397 g/mol. The number of hydrazone groups is 1. The number of carbonyl (C=O) groups is 1. The number of aryl methyl sites for hydroxylation is 1. The van der Waals surface area contributed by atoms with E-state index in [1.807, 2.05) is 36.6 Å². The zero-order valence-corrected chi connectivity index (χ0v) is 16.3. The van der Waals surface area contributed by atoms with Crippen LogP contribution in [0.2, 0.25) is 5.02 Å². The number of phenolic OH excluding ortho intramolecular Hbond substituents is 1. The summed E-state index contributed by atoms with van der Waals surface area (Å²) in [5.41, 5.74) is 6.23. The van der Waals surface area contributed by atoms with Crippen LogP contribution in [0.1, 0.15) is 17.0 Å². The molecule has 0 atom stereocenters. The molecule has 0 saturated carbocycles. The average Bonchev–Trinajstić information content (AvgIpc) is 2.95. The lowest BCUT2D eigenvalue weighted by molar-refractivity contribution is -0.123. The molecule has 6 nitrogen and oxygen atoms in total. The fourth-order valence-corrected chi connectivity index (χ4v) is 3.02. The van der Waals surface area contributed by atoms with Crippen molar-refractivity contribution in [3.63, 3.8) is 0 Å². The maximum Gasteiger partial charge on any atom is 0.277 e. The molecule has 144 valence electrons. The Morgan fingerprint density at radius 2 is 1.93 bits per heavy atom. The van der Waals surface area contributed by atoms with Gasteiger partial charge in [0.1, 0.15) is 11.5 Å². The average molecular weight is 398 g/mol. The van der Waals surface area contributed by atoms with Gasteiger partial charge < -0.3 is 14.4 Å². The van der Waals surface area contributed by atoms with Crippen LogP contribution in [0.15, 0.2) is 59.7 Å². The summed E-state index contributed by atoms with van der Waals surface area (Å²) in [5.74, 6) is 0.277. The smallest absolute Gasteiger partial charge is 0.277 e. The molecule has 2 N–H and O–H groups in total. The van der Waals surface area contributed by atoms with Crippen LogP contribution in [0.5, 0.6) is 11.5 Å². The molecule has 0 saturated heterocycles. The number of carbonyl (C=O) groups excluding carboxylic acids is 1. The van der Waals surface area contributed by atoms with Crippen LogP contribution in [-0.2, 0) is 4.79 Å². The van der Waals surface area contributed by atoms with E-state index in [-0.39, 0.29) is 18.3 Å². The Hall–Kier alpha value is -3.25. The lowest BCUT2D eigenvalue weighted by Gasteiger charge is -2.09. The zero-order valence-electron chi connectivity index (χ0n) is 15.5. The number of nitrogens with one attached hydrogen (secondary N) is 1. The van der Waals surface area contributed by atoms with E-state index in [9.17, 15) is 9.90 Å². The van der Waals surface area contributed by atoms with E-state index in [0.717, 1.165) is 22.6 Å². The third-order valence-electron chi connectivity index (χ3n) is 4.17. The zero-order chi connectivity index (χ0) is 20.1. The number of aromatic hydroxyl groups is 1. The molecule has 0 radical (unpaired) electrons. The van der Waals surface area contributed by atoms with Gasteiger partial charge in [0.15, 0.2) is 6.61 Å². The number of amides is 1. The third-order valence-corrected chi connectivity index (χ3v) is 4.48. The lowest BCUT2D eigenvalue weighted by atomic mass is 10.2. The van der Waals surface area contributed by atoms with Crippen molar-refractivity contribution in [3.05, 3.63) is 76.6 Å². The van der Waals surface area contributed by atoms with Crippen molar-refractivity contribution in [2.24, 2.45) is 5.10 Å². The molecule has 1 aromatic heterocycles. The van der Waals surface area contributed by atoms with Crippen molar-refractivity contribution >= 4 is 23.7 Å². The molecule has 7 heteroatoms. The Kier molecular flexibility index (Phi) is 6.01. The molecule has 3 rings (SSSR count). The van der Waals surface area contributed by atoms with Gasteiger partial charge in [-0.15, -0.1) is 0 Å². The number of nitrogens with zero attached hydrogens (tertiary/aromatic N) is 2. The topological polar surface area (TPSA) is 75.8 Å². The number of ether oxygens (including phenoxy) is 1. The standard InChI is InChI=1S/C21H20ClN3O3/c1-14-11-16(15(2)25(14)17-7-9-18(26)10-8-17)12-23-24-21(27)13-28-20-6-4-3-5-19(20)22/h3-12,26H,13H2,1-2H3,(H,24,27)/b23-12-. The van der Waals surface area contributed by atoms with E-state index >= 15 is 0 Å². The highest BCUT2D eigenvalue weighted by Crippen LogP contribution is 2.23. The summed E-state index contributed by atoms with van der Waals surface area (Å²) in [6, 6.07) is 15.9. The summed E-state index contributed by atoms with van der Waals surface area (Å²) in [7, 11) is 0. The molecule has 0 fully saturated rings. The highest BCUT2D eigenvalue weighted by atomic mass is 35.5. The van der Waals surface area contributed by atoms with Crippen molar-refractivity contribution in [2.75, 3.05) is 6.61 Å². The Morgan fingerprint density at radius 1 is 1.21 bits per heavy atom. The number of aromatic nitrogens is 1. The number of halogens is 1. The number of hydrogen-bond acceptors (Lipinski definition) is 4. The second-order valence-corrected chi connectivity index (χ2v) is 6.60. The van der Waals surface area contributed by atoms with Crippen LogP contribution >= 0.6 is 11.6 Å². The number of hydrogen-bond donors (Lipinski definition) is 2. The Morgan fingerprint density at radius 3 is 2.64 bits per heavy atom. The van der Waals surface area contributed by atoms with Crippen LogP contribution < -0.4 is 10.2 Å². The predicted molar refractivity (Wildman–Crippen MR) is 110 cm³/mol. The van der Waals surface area contributed by atoms with Gasteiger partial charge >= 0.3 is 0 Å². The first kappa shape index (κ1) is 19.5. The molecule has 0 aliphatic heterocycles. The molecule has 0 bridgehead atoms. The van der Waals surface area contributed by atoms with Gasteiger partial charge in [0.2, 0.25) is 0 Å². The van der Waals surface area contributed by atoms with Gasteiger partial charge in [-0.1, -0.05) is 23.7 Å². The largest absolute Gasteiger partial charge is 0.508 e. The minimum atomic E-state index is -0.386. The van der Waals surface area contributed by atoms with Crippen molar-refractivity contribution in [3.8, 4) is 17.2 Å². The van der Waals surface area contributed by atoms with Crippen LogP contribution in [0.25, 0.3) is 5.69 Å². The number of phenols is 1. The minimum absolute atomic E-state index is 0.187. The van der Waals surface area contributed by atoms with Gasteiger partial charge in [-0.05, 0) is 56.3 Å². The molecule has 3 aromatic rings. The highest BCUT2D eigenvalue weighted by molar-refractivity contribution is 6.32. The molecule has 0 aliphatic rings. The maximum absolute atomic E-state index is 11.9. The second-order valence-electron chi connectivity index (χ2n) is 6.19. The first-order valence-electron chi connectivity index (χ1n) is 8.63. The van der Waals surface area contributed by atoms with Gasteiger partial charge in [-0.3, -0.25) is 4.79 Å². The van der Waals surface area contributed by atoms with E-state index in [2.05, 4.69) is 10.5 Å².